The van der Waals surface area contributed by atoms with Gasteiger partial charge in [0, 0.05) is 5.54 Å². The lowest BCUT2D eigenvalue weighted by atomic mass is 10.1. The minimum Gasteiger partial charge on any atom is -0.359 e. The summed E-state index contributed by atoms with van der Waals surface area (Å²) >= 11 is 3.29. The van der Waals surface area contributed by atoms with Crippen LogP contribution >= 0.6 is 15.9 Å². The Morgan fingerprint density at radius 3 is 2.59 bits per heavy atom. The third-order valence-corrected chi connectivity index (χ3v) is 2.41. The molecule has 0 saturated carbocycles. The lowest BCUT2D eigenvalue weighted by Crippen LogP contribution is -2.47. The van der Waals surface area contributed by atoms with Gasteiger partial charge >= 0.3 is 0 Å². The Morgan fingerprint density at radius 1 is 1.41 bits per heavy atom. The standard InChI is InChI=1S/C12H18BrN3O/c1-8(11(17)16-12(2,3)4)14-10-7-5-6-9(13)15-10/h5-8H,1-4H3,(H,14,15)(H,16,17). The van der Waals surface area contributed by atoms with E-state index in [-0.39, 0.29) is 17.5 Å². The fraction of sp³-hybridized carbons (Fsp3) is 0.500. The zero-order valence-corrected chi connectivity index (χ0v) is 12.1. The van der Waals surface area contributed by atoms with E-state index in [1.54, 1.807) is 0 Å². The fourth-order valence-electron chi connectivity index (χ4n) is 1.25. The second-order valence-electron chi connectivity index (χ2n) is 4.95. The van der Waals surface area contributed by atoms with E-state index in [0.29, 0.717) is 5.82 Å². The van der Waals surface area contributed by atoms with Crippen molar-refractivity contribution in [1.82, 2.24) is 10.3 Å². The molecular formula is C12H18BrN3O. The monoisotopic (exact) mass is 299 g/mol. The zero-order valence-electron chi connectivity index (χ0n) is 10.5. The van der Waals surface area contributed by atoms with E-state index in [2.05, 4.69) is 31.5 Å². The van der Waals surface area contributed by atoms with Gasteiger partial charge in [0.15, 0.2) is 0 Å². The maximum absolute atomic E-state index is 11.8. The molecule has 0 saturated heterocycles. The summed E-state index contributed by atoms with van der Waals surface area (Å²) in [5.41, 5.74) is -0.224. The molecule has 1 unspecified atom stereocenters. The van der Waals surface area contributed by atoms with Crippen molar-refractivity contribution in [2.45, 2.75) is 39.3 Å². The average molecular weight is 300 g/mol. The van der Waals surface area contributed by atoms with Crippen molar-refractivity contribution in [3.63, 3.8) is 0 Å². The molecule has 17 heavy (non-hydrogen) atoms. The van der Waals surface area contributed by atoms with Gasteiger partial charge in [0.25, 0.3) is 0 Å². The highest BCUT2D eigenvalue weighted by Crippen LogP contribution is 2.11. The highest BCUT2D eigenvalue weighted by atomic mass is 79.9. The smallest absolute Gasteiger partial charge is 0.242 e. The summed E-state index contributed by atoms with van der Waals surface area (Å²) in [5, 5.41) is 5.96. The summed E-state index contributed by atoms with van der Waals surface area (Å²) in [6.45, 7) is 7.67. The number of carbonyl (C=O) groups is 1. The van der Waals surface area contributed by atoms with Crippen LogP contribution in [0.3, 0.4) is 0 Å². The van der Waals surface area contributed by atoms with E-state index >= 15 is 0 Å². The van der Waals surface area contributed by atoms with Crippen molar-refractivity contribution < 1.29 is 4.79 Å². The van der Waals surface area contributed by atoms with Gasteiger partial charge in [-0.2, -0.15) is 0 Å². The van der Waals surface area contributed by atoms with E-state index in [1.807, 2.05) is 45.9 Å². The Kier molecular flexibility index (Phi) is 4.51. The maximum atomic E-state index is 11.8. The Balaban J connectivity index is 2.60. The van der Waals surface area contributed by atoms with Crippen LogP contribution in [-0.2, 0) is 4.79 Å². The molecule has 0 radical (unpaired) electrons. The van der Waals surface area contributed by atoms with E-state index in [4.69, 9.17) is 0 Å². The topological polar surface area (TPSA) is 54.0 Å². The average Bonchev–Trinajstić information content (AvgIpc) is 2.14. The minimum atomic E-state index is -0.323. The quantitative estimate of drug-likeness (QED) is 0.844. The summed E-state index contributed by atoms with van der Waals surface area (Å²) in [5.74, 6) is 0.634. The Hall–Kier alpha value is -1.10. The first-order valence-corrected chi connectivity index (χ1v) is 6.28. The van der Waals surface area contributed by atoms with Gasteiger partial charge in [0.05, 0.1) is 0 Å². The van der Waals surface area contributed by atoms with Gasteiger partial charge in [-0.1, -0.05) is 6.07 Å². The fourth-order valence-corrected chi connectivity index (χ4v) is 1.60. The molecule has 0 aromatic carbocycles. The summed E-state index contributed by atoms with van der Waals surface area (Å²) in [6.07, 6.45) is 0. The molecule has 0 aliphatic carbocycles. The summed E-state index contributed by atoms with van der Waals surface area (Å²) in [6, 6.07) is 5.21. The highest BCUT2D eigenvalue weighted by Gasteiger charge is 2.19. The normalized spacial score (nSPS) is 13.0. The summed E-state index contributed by atoms with van der Waals surface area (Å²) in [4.78, 5) is 16.1. The summed E-state index contributed by atoms with van der Waals surface area (Å²) in [7, 11) is 0. The number of amides is 1. The first kappa shape index (κ1) is 14.0. The van der Waals surface area contributed by atoms with E-state index < -0.39 is 0 Å². The number of aromatic nitrogens is 1. The van der Waals surface area contributed by atoms with Crippen LogP contribution in [0.4, 0.5) is 5.82 Å². The second-order valence-corrected chi connectivity index (χ2v) is 5.76. The molecule has 0 fully saturated rings. The van der Waals surface area contributed by atoms with Crippen LogP contribution in [0, 0.1) is 0 Å². The van der Waals surface area contributed by atoms with Gasteiger partial charge in [-0.15, -0.1) is 0 Å². The number of anilines is 1. The van der Waals surface area contributed by atoms with Crippen molar-refractivity contribution in [2.75, 3.05) is 5.32 Å². The molecule has 1 amide bonds. The molecule has 0 bridgehead atoms. The minimum absolute atomic E-state index is 0.0423. The molecule has 4 nitrogen and oxygen atoms in total. The highest BCUT2D eigenvalue weighted by molar-refractivity contribution is 9.10. The lowest BCUT2D eigenvalue weighted by Gasteiger charge is -2.23. The largest absolute Gasteiger partial charge is 0.359 e. The SMILES string of the molecule is CC(Nc1cccc(Br)n1)C(=O)NC(C)(C)C. The number of pyridine rings is 1. The molecule has 1 heterocycles. The number of nitrogens with zero attached hydrogens (tertiary/aromatic N) is 1. The van der Waals surface area contributed by atoms with Crippen LogP contribution in [0.1, 0.15) is 27.7 Å². The van der Waals surface area contributed by atoms with Crippen molar-refractivity contribution in [2.24, 2.45) is 0 Å². The van der Waals surface area contributed by atoms with Crippen molar-refractivity contribution in [1.29, 1.82) is 0 Å². The zero-order chi connectivity index (χ0) is 13.1. The maximum Gasteiger partial charge on any atom is 0.242 e. The number of nitrogens with one attached hydrogen (secondary N) is 2. The van der Waals surface area contributed by atoms with E-state index in [9.17, 15) is 4.79 Å². The molecule has 94 valence electrons. The molecule has 1 aromatic rings. The van der Waals surface area contributed by atoms with Crippen molar-refractivity contribution >= 4 is 27.7 Å². The van der Waals surface area contributed by atoms with Crippen LogP contribution in [0.25, 0.3) is 0 Å². The number of halogens is 1. The number of hydrogen-bond acceptors (Lipinski definition) is 3. The predicted molar refractivity (Wildman–Crippen MR) is 72.9 cm³/mol. The lowest BCUT2D eigenvalue weighted by molar-refractivity contribution is -0.122. The van der Waals surface area contributed by atoms with E-state index in [1.165, 1.54) is 0 Å². The molecule has 1 rings (SSSR count). The molecule has 2 N–H and O–H groups in total. The van der Waals surface area contributed by atoms with Gasteiger partial charge in [-0.05, 0) is 55.8 Å². The Bertz CT molecular complexity index is 401. The first-order chi connectivity index (χ1) is 7.78. The van der Waals surface area contributed by atoms with Gasteiger partial charge in [0.2, 0.25) is 5.91 Å². The number of carbonyl (C=O) groups excluding carboxylic acids is 1. The van der Waals surface area contributed by atoms with Gasteiger partial charge < -0.3 is 10.6 Å². The van der Waals surface area contributed by atoms with Crippen LogP contribution in [-0.4, -0.2) is 22.5 Å². The molecule has 0 spiro atoms. The van der Waals surface area contributed by atoms with Gasteiger partial charge in [-0.25, -0.2) is 4.98 Å². The molecule has 1 aromatic heterocycles. The number of hydrogen-bond donors (Lipinski definition) is 2. The van der Waals surface area contributed by atoms with Crippen molar-refractivity contribution in [3.05, 3.63) is 22.8 Å². The van der Waals surface area contributed by atoms with E-state index in [0.717, 1.165) is 4.60 Å². The van der Waals surface area contributed by atoms with Crippen LogP contribution in [0.5, 0.6) is 0 Å². The Labute approximate surface area is 110 Å². The third kappa shape index (κ3) is 5.17. The molecule has 0 aliphatic rings. The second kappa shape index (κ2) is 5.49. The first-order valence-electron chi connectivity index (χ1n) is 5.49. The molecule has 0 aliphatic heterocycles. The predicted octanol–water partition coefficient (Wildman–Crippen LogP) is 2.56. The van der Waals surface area contributed by atoms with Gasteiger partial charge in [-0.3, -0.25) is 4.79 Å². The molecule has 1 atom stereocenters. The Morgan fingerprint density at radius 2 is 2.06 bits per heavy atom. The summed E-state index contributed by atoms with van der Waals surface area (Å²) < 4.78 is 0.742. The van der Waals surface area contributed by atoms with Crippen LogP contribution in [0.2, 0.25) is 0 Å². The van der Waals surface area contributed by atoms with Crippen molar-refractivity contribution in [3.8, 4) is 0 Å². The number of rotatable bonds is 3. The van der Waals surface area contributed by atoms with Crippen LogP contribution in [0.15, 0.2) is 22.8 Å². The molecular weight excluding hydrogens is 282 g/mol. The third-order valence-electron chi connectivity index (χ3n) is 1.97. The molecule has 5 heteroatoms. The van der Waals surface area contributed by atoms with Gasteiger partial charge in [0.1, 0.15) is 16.5 Å². The van der Waals surface area contributed by atoms with Crippen LogP contribution < -0.4 is 10.6 Å².